The van der Waals surface area contributed by atoms with Crippen LogP contribution >= 0.6 is 11.8 Å². The lowest BCUT2D eigenvalue weighted by Gasteiger charge is -2.10. The van der Waals surface area contributed by atoms with Crippen LogP contribution in [0.5, 0.6) is 5.75 Å². The molecule has 0 saturated heterocycles. The van der Waals surface area contributed by atoms with E-state index in [0.717, 1.165) is 17.1 Å². The molecular weight excluding hydrogens is 300 g/mol. The maximum absolute atomic E-state index is 10.9. The number of benzene rings is 1. The van der Waals surface area contributed by atoms with Gasteiger partial charge in [-0.25, -0.2) is 0 Å². The first kappa shape index (κ1) is 16.4. The van der Waals surface area contributed by atoms with E-state index in [2.05, 4.69) is 16.3 Å². The van der Waals surface area contributed by atoms with Crippen molar-refractivity contribution in [3.63, 3.8) is 0 Å². The molecule has 1 aromatic heterocycles. The van der Waals surface area contributed by atoms with Crippen LogP contribution < -0.4 is 10.5 Å². The Kier molecular flexibility index (Phi) is 5.43. The van der Waals surface area contributed by atoms with Gasteiger partial charge >= 0.3 is 0 Å². The first-order valence-corrected chi connectivity index (χ1v) is 8.03. The van der Waals surface area contributed by atoms with Crippen LogP contribution in [0.1, 0.15) is 23.9 Å². The summed E-state index contributed by atoms with van der Waals surface area (Å²) in [6.45, 7) is 7.10. The fourth-order valence-corrected chi connectivity index (χ4v) is 2.85. The smallest absolute Gasteiger partial charge is 0.227 e. The first-order chi connectivity index (χ1) is 10.5. The van der Waals surface area contributed by atoms with Gasteiger partial charge in [0, 0.05) is 6.54 Å². The lowest BCUT2D eigenvalue weighted by molar-refractivity contribution is -0.115. The largest absolute Gasteiger partial charge is 0.485 e. The van der Waals surface area contributed by atoms with Gasteiger partial charge in [-0.15, -0.1) is 10.2 Å². The van der Waals surface area contributed by atoms with Crippen molar-refractivity contribution in [3.8, 4) is 5.75 Å². The highest BCUT2D eigenvalue weighted by atomic mass is 32.2. The lowest BCUT2D eigenvalue weighted by atomic mass is 10.1. The zero-order valence-corrected chi connectivity index (χ0v) is 13.8. The van der Waals surface area contributed by atoms with E-state index in [0.29, 0.717) is 18.3 Å². The highest BCUT2D eigenvalue weighted by molar-refractivity contribution is 7.99. The molecule has 6 nitrogen and oxygen atoms in total. The zero-order valence-electron chi connectivity index (χ0n) is 13.0. The van der Waals surface area contributed by atoms with Crippen molar-refractivity contribution in [2.45, 2.75) is 39.1 Å². The minimum absolute atomic E-state index is 0.191. The molecule has 2 N–H and O–H groups in total. The Morgan fingerprint density at radius 2 is 2.14 bits per heavy atom. The Bertz CT molecular complexity index is 670. The number of aryl methyl sites for hydroxylation is 2. The molecule has 7 heteroatoms. The number of thioether (sulfide) groups is 1. The third-order valence-electron chi connectivity index (χ3n) is 3.14. The summed E-state index contributed by atoms with van der Waals surface area (Å²) in [7, 11) is 0. The van der Waals surface area contributed by atoms with Crippen LogP contribution in [-0.2, 0) is 17.9 Å². The summed E-state index contributed by atoms with van der Waals surface area (Å²) >= 11 is 1.29. The fraction of sp³-hybridized carbons (Fsp3) is 0.400. The summed E-state index contributed by atoms with van der Waals surface area (Å²) in [5.41, 5.74) is 7.45. The monoisotopic (exact) mass is 320 g/mol. The summed E-state index contributed by atoms with van der Waals surface area (Å²) in [5, 5.41) is 8.92. The maximum atomic E-state index is 10.9. The number of hydrogen-bond donors (Lipinski definition) is 1. The van der Waals surface area contributed by atoms with E-state index in [-0.39, 0.29) is 11.7 Å². The molecule has 2 aromatic rings. The molecule has 0 aliphatic heterocycles. The van der Waals surface area contributed by atoms with Crippen LogP contribution in [0.15, 0.2) is 23.4 Å². The number of aromatic nitrogens is 3. The molecule has 0 atom stereocenters. The normalized spacial score (nSPS) is 10.7. The second-order valence-corrected chi connectivity index (χ2v) is 5.90. The number of ether oxygens (including phenoxy) is 1. The average molecular weight is 320 g/mol. The van der Waals surface area contributed by atoms with Crippen LogP contribution in [0.3, 0.4) is 0 Å². The molecule has 0 bridgehead atoms. The van der Waals surface area contributed by atoms with Gasteiger partial charge in [-0.2, -0.15) is 0 Å². The van der Waals surface area contributed by atoms with Crippen molar-refractivity contribution >= 4 is 17.7 Å². The summed E-state index contributed by atoms with van der Waals surface area (Å²) in [6.07, 6.45) is 0. The van der Waals surface area contributed by atoms with Crippen LogP contribution in [0.25, 0.3) is 0 Å². The van der Waals surface area contributed by atoms with Gasteiger partial charge in [0.1, 0.15) is 12.4 Å². The standard InChI is InChI=1S/C15H20N4O2S/c1-4-19-14(17-18-15(19)22-9-13(16)20)8-21-12-6-5-10(2)7-11(12)3/h5-7H,4,8-9H2,1-3H3,(H2,16,20). The second kappa shape index (κ2) is 7.31. The third-order valence-corrected chi connectivity index (χ3v) is 4.13. The second-order valence-electron chi connectivity index (χ2n) is 4.96. The zero-order chi connectivity index (χ0) is 16.1. The number of amides is 1. The SMILES string of the molecule is CCn1c(COc2ccc(C)cc2C)nnc1SCC(N)=O. The van der Waals surface area contributed by atoms with Gasteiger partial charge in [0.15, 0.2) is 11.0 Å². The van der Waals surface area contributed by atoms with Gasteiger partial charge in [0.05, 0.1) is 5.75 Å². The van der Waals surface area contributed by atoms with E-state index in [1.807, 2.05) is 37.5 Å². The van der Waals surface area contributed by atoms with Gasteiger partial charge in [-0.3, -0.25) is 4.79 Å². The Hall–Kier alpha value is -2.02. The van der Waals surface area contributed by atoms with E-state index in [1.165, 1.54) is 17.3 Å². The van der Waals surface area contributed by atoms with E-state index >= 15 is 0 Å². The van der Waals surface area contributed by atoms with E-state index < -0.39 is 0 Å². The summed E-state index contributed by atoms with van der Waals surface area (Å²) in [5.74, 6) is 1.39. The number of nitrogens with two attached hydrogens (primary N) is 1. The van der Waals surface area contributed by atoms with E-state index in [1.54, 1.807) is 0 Å². The Morgan fingerprint density at radius 1 is 1.36 bits per heavy atom. The van der Waals surface area contributed by atoms with Gasteiger partial charge in [0.2, 0.25) is 5.91 Å². The van der Waals surface area contributed by atoms with Crippen molar-refractivity contribution in [1.29, 1.82) is 0 Å². The molecule has 0 unspecified atom stereocenters. The van der Waals surface area contributed by atoms with Crippen LogP contribution in [-0.4, -0.2) is 26.4 Å². The van der Waals surface area contributed by atoms with Crippen LogP contribution in [0.4, 0.5) is 0 Å². The number of rotatable bonds is 7. The maximum Gasteiger partial charge on any atom is 0.227 e. The quantitative estimate of drug-likeness (QED) is 0.790. The van der Waals surface area contributed by atoms with Gasteiger partial charge < -0.3 is 15.0 Å². The van der Waals surface area contributed by atoms with Crippen molar-refractivity contribution in [2.75, 3.05) is 5.75 Å². The predicted octanol–water partition coefficient (Wildman–Crippen LogP) is 2.07. The summed E-state index contributed by atoms with van der Waals surface area (Å²) in [4.78, 5) is 10.9. The molecular formula is C15H20N4O2S. The molecule has 22 heavy (non-hydrogen) atoms. The summed E-state index contributed by atoms with van der Waals surface area (Å²) < 4.78 is 7.76. The van der Waals surface area contributed by atoms with E-state index in [9.17, 15) is 4.79 Å². The number of carbonyl (C=O) groups excluding carboxylic acids is 1. The minimum atomic E-state index is -0.372. The Morgan fingerprint density at radius 3 is 2.77 bits per heavy atom. The average Bonchev–Trinajstić information content (AvgIpc) is 2.86. The molecule has 1 aromatic carbocycles. The topological polar surface area (TPSA) is 83.0 Å². The fourth-order valence-electron chi connectivity index (χ4n) is 2.09. The van der Waals surface area contributed by atoms with Crippen molar-refractivity contribution in [2.24, 2.45) is 5.73 Å². The summed E-state index contributed by atoms with van der Waals surface area (Å²) in [6, 6.07) is 6.05. The van der Waals surface area contributed by atoms with Crippen LogP contribution in [0, 0.1) is 13.8 Å². The first-order valence-electron chi connectivity index (χ1n) is 7.04. The molecule has 0 aliphatic carbocycles. The highest BCUT2D eigenvalue weighted by Crippen LogP contribution is 2.21. The molecule has 0 aliphatic rings. The molecule has 0 fully saturated rings. The Balaban J connectivity index is 2.07. The van der Waals surface area contributed by atoms with Gasteiger partial charge in [-0.05, 0) is 32.4 Å². The Labute approximate surface area is 134 Å². The highest BCUT2D eigenvalue weighted by Gasteiger charge is 2.13. The third kappa shape index (κ3) is 4.00. The lowest BCUT2D eigenvalue weighted by Crippen LogP contribution is -2.14. The van der Waals surface area contributed by atoms with Crippen molar-refractivity contribution in [3.05, 3.63) is 35.2 Å². The molecule has 0 spiro atoms. The van der Waals surface area contributed by atoms with Gasteiger partial charge in [0.25, 0.3) is 0 Å². The number of hydrogen-bond acceptors (Lipinski definition) is 5. The van der Waals surface area contributed by atoms with Crippen molar-refractivity contribution < 1.29 is 9.53 Å². The molecule has 1 heterocycles. The molecule has 118 valence electrons. The van der Waals surface area contributed by atoms with Crippen molar-refractivity contribution in [1.82, 2.24) is 14.8 Å². The van der Waals surface area contributed by atoms with Gasteiger partial charge in [-0.1, -0.05) is 29.5 Å². The number of carbonyl (C=O) groups is 1. The molecule has 0 radical (unpaired) electrons. The number of nitrogens with zero attached hydrogens (tertiary/aromatic N) is 3. The van der Waals surface area contributed by atoms with E-state index in [4.69, 9.17) is 10.5 Å². The molecule has 0 saturated carbocycles. The number of primary amides is 1. The minimum Gasteiger partial charge on any atom is -0.485 e. The molecule has 1 amide bonds. The van der Waals surface area contributed by atoms with Crippen LogP contribution in [0.2, 0.25) is 0 Å². The molecule has 2 rings (SSSR count). The predicted molar refractivity (Wildman–Crippen MR) is 85.9 cm³/mol.